The summed E-state index contributed by atoms with van der Waals surface area (Å²) in [5.41, 5.74) is 4.51. The van der Waals surface area contributed by atoms with Gasteiger partial charge in [-0.15, -0.1) is 11.3 Å². The third-order valence-corrected chi connectivity index (χ3v) is 4.86. The van der Waals surface area contributed by atoms with E-state index in [0.29, 0.717) is 6.61 Å². The lowest BCUT2D eigenvalue weighted by molar-refractivity contribution is -0.136. The summed E-state index contributed by atoms with van der Waals surface area (Å²) >= 11 is 1.55. The van der Waals surface area contributed by atoms with E-state index in [0.717, 1.165) is 21.4 Å². The molecule has 0 unspecified atom stereocenters. The Labute approximate surface area is 139 Å². The minimum absolute atomic E-state index is 0.0583. The Morgan fingerprint density at radius 2 is 1.96 bits per heavy atom. The molecule has 0 aliphatic heterocycles. The Balaban J connectivity index is 1.77. The van der Waals surface area contributed by atoms with Crippen molar-refractivity contribution < 1.29 is 14.6 Å². The maximum Gasteiger partial charge on any atom is 0.307 e. The summed E-state index contributed by atoms with van der Waals surface area (Å²) in [6, 6.07) is 12.2. The molecule has 118 valence electrons. The van der Waals surface area contributed by atoms with Crippen LogP contribution in [0.3, 0.4) is 0 Å². The van der Waals surface area contributed by atoms with Crippen LogP contribution in [0.2, 0.25) is 0 Å². The molecule has 2 aromatic carbocycles. The molecule has 0 atom stereocenters. The first-order valence-electron chi connectivity index (χ1n) is 7.44. The van der Waals surface area contributed by atoms with Crippen molar-refractivity contribution in [2.24, 2.45) is 0 Å². The van der Waals surface area contributed by atoms with E-state index in [1.54, 1.807) is 11.3 Å². The number of carboxylic acids is 1. The highest BCUT2D eigenvalue weighted by Crippen LogP contribution is 2.30. The fourth-order valence-corrected chi connectivity index (χ4v) is 3.61. The minimum Gasteiger partial charge on any atom is -0.489 e. The highest BCUT2D eigenvalue weighted by molar-refractivity contribution is 7.17. The molecule has 4 heteroatoms. The summed E-state index contributed by atoms with van der Waals surface area (Å²) in [6.45, 7) is 4.70. The van der Waals surface area contributed by atoms with Gasteiger partial charge < -0.3 is 9.84 Å². The Morgan fingerprint density at radius 3 is 2.70 bits per heavy atom. The molecule has 0 aliphatic carbocycles. The molecule has 0 amide bonds. The molecule has 1 heterocycles. The van der Waals surface area contributed by atoms with E-state index in [1.807, 2.05) is 23.6 Å². The third-order valence-electron chi connectivity index (χ3n) is 3.86. The van der Waals surface area contributed by atoms with Crippen LogP contribution in [0.5, 0.6) is 5.75 Å². The largest absolute Gasteiger partial charge is 0.489 e. The van der Waals surface area contributed by atoms with Gasteiger partial charge >= 0.3 is 5.97 Å². The molecule has 0 radical (unpaired) electrons. The number of thiophene rings is 1. The van der Waals surface area contributed by atoms with Crippen molar-refractivity contribution in [3.8, 4) is 5.75 Å². The summed E-state index contributed by atoms with van der Waals surface area (Å²) in [5.74, 6) is 0.000993. The van der Waals surface area contributed by atoms with Crippen LogP contribution in [0.15, 0.2) is 41.8 Å². The number of benzene rings is 2. The molecule has 0 fully saturated rings. The second-order valence-corrected chi connectivity index (χ2v) is 6.62. The van der Waals surface area contributed by atoms with E-state index in [-0.39, 0.29) is 6.42 Å². The second kappa shape index (κ2) is 6.42. The van der Waals surface area contributed by atoms with Crippen molar-refractivity contribution in [1.82, 2.24) is 0 Å². The van der Waals surface area contributed by atoms with Gasteiger partial charge in [0, 0.05) is 4.70 Å². The van der Waals surface area contributed by atoms with E-state index in [2.05, 4.69) is 32.0 Å². The first-order chi connectivity index (χ1) is 11.0. The number of carbonyl (C=O) groups is 1. The van der Waals surface area contributed by atoms with E-state index in [1.165, 1.54) is 16.7 Å². The van der Waals surface area contributed by atoms with E-state index in [4.69, 9.17) is 9.84 Å². The summed E-state index contributed by atoms with van der Waals surface area (Å²) in [5, 5.41) is 11.8. The molecule has 3 nitrogen and oxygen atoms in total. The number of hydrogen-bond acceptors (Lipinski definition) is 3. The molecule has 0 saturated carbocycles. The first-order valence-corrected chi connectivity index (χ1v) is 8.32. The zero-order valence-corrected chi connectivity index (χ0v) is 13.9. The van der Waals surface area contributed by atoms with Crippen molar-refractivity contribution in [2.75, 3.05) is 0 Å². The van der Waals surface area contributed by atoms with Gasteiger partial charge in [0.05, 0.1) is 6.42 Å². The number of rotatable bonds is 5. The van der Waals surface area contributed by atoms with Crippen molar-refractivity contribution >= 4 is 27.4 Å². The lowest BCUT2D eigenvalue weighted by Crippen LogP contribution is -1.99. The molecular formula is C19H18O3S. The number of aryl methyl sites for hydroxylation is 2. The number of hydrogen-bond donors (Lipinski definition) is 1. The first kappa shape index (κ1) is 15.6. The van der Waals surface area contributed by atoms with Gasteiger partial charge in [-0.2, -0.15) is 0 Å². The zero-order chi connectivity index (χ0) is 16.4. The van der Waals surface area contributed by atoms with Gasteiger partial charge in [-0.25, -0.2) is 0 Å². The number of aliphatic carboxylic acids is 1. The predicted molar refractivity (Wildman–Crippen MR) is 93.4 cm³/mol. The van der Waals surface area contributed by atoms with Crippen molar-refractivity contribution in [2.45, 2.75) is 26.9 Å². The normalized spacial score (nSPS) is 10.9. The zero-order valence-electron chi connectivity index (χ0n) is 13.1. The molecule has 1 N–H and O–H groups in total. The standard InChI is InChI=1S/C19H18O3S/c1-12-3-4-14(13(2)7-12)10-22-16-5-6-17-15(8-19(20)21)11-23-18(17)9-16/h3-7,9,11H,8,10H2,1-2H3,(H,20,21). The van der Waals surface area contributed by atoms with Crippen LogP contribution in [0.4, 0.5) is 0 Å². The highest BCUT2D eigenvalue weighted by Gasteiger charge is 2.09. The van der Waals surface area contributed by atoms with Crippen molar-refractivity contribution in [1.29, 1.82) is 0 Å². The van der Waals surface area contributed by atoms with Crippen LogP contribution in [0, 0.1) is 13.8 Å². The number of carboxylic acid groups (broad SMARTS) is 1. The fraction of sp³-hybridized carbons (Fsp3) is 0.211. The molecule has 1 aromatic heterocycles. The van der Waals surface area contributed by atoms with Crippen LogP contribution >= 0.6 is 11.3 Å². The number of fused-ring (bicyclic) bond motifs is 1. The van der Waals surface area contributed by atoms with Crippen LogP contribution < -0.4 is 4.74 Å². The summed E-state index contributed by atoms with van der Waals surface area (Å²) in [6.07, 6.45) is 0.0583. The maximum absolute atomic E-state index is 10.9. The third kappa shape index (κ3) is 3.54. The molecular weight excluding hydrogens is 308 g/mol. The van der Waals surface area contributed by atoms with E-state index < -0.39 is 5.97 Å². The van der Waals surface area contributed by atoms with Crippen LogP contribution in [-0.2, 0) is 17.8 Å². The highest BCUT2D eigenvalue weighted by atomic mass is 32.1. The topological polar surface area (TPSA) is 46.5 Å². The van der Waals surface area contributed by atoms with Crippen LogP contribution in [0.1, 0.15) is 22.3 Å². The SMILES string of the molecule is Cc1ccc(COc2ccc3c(CC(=O)O)csc3c2)c(C)c1. The fourth-order valence-electron chi connectivity index (χ4n) is 2.62. The van der Waals surface area contributed by atoms with E-state index >= 15 is 0 Å². The van der Waals surface area contributed by atoms with Crippen molar-refractivity contribution in [3.63, 3.8) is 0 Å². The Kier molecular flexibility index (Phi) is 4.35. The lowest BCUT2D eigenvalue weighted by Gasteiger charge is -2.09. The van der Waals surface area contributed by atoms with E-state index in [9.17, 15) is 4.79 Å². The quantitative estimate of drug-likeness (QED) is 0.737. The Hall–Kier alpha value is -2.33. The van der Waals surface area contributed by atoms with Gasteiger partial charge in [0.2, 0.25) is 0 Å². The minimum atomic E-state index is -0.806. The number of ether oxygens (including phenoxy) is 1. The monoisotopic (exact) mass is 326 g/mol. The molecule has 0 spiro atoms. The lowest BCUT2D eigenvalue weighted by atomic mass is 10.1. The smallest absolute Gasteiger partial charge is 0.307 e. The van der Waals surface area contributed by atoms with Gasteiger partial charge in [-0.1, -0.05) is 23.8 Å². The maximum atomic E-state index is 10.9. The molecule has 23 heavy (non-hydrogen) atoms. The van der Waals surface area contributed by atoms with Gasteiger partial charge in [-0.05, 0) is 59.5 Å². The van der Waals surface area contributed by atoms with Gasteiger partial charge in [-0.3, -0.25) is 4.79 Å². The second-order valence-electron chi connectivity index (χ2n) is 5.71. The molecule has 0 saturated heterocycles. The average molecular weight is 326 g/mol. The summed E-state index contributed by atoms with van der Waals surface area (Å²) < 4.78 is 6.96. The molecule has 0 bridgehead atoms. The summed E-state index contributed by atoms with van der Waals surface area (Å²) in [4.78, 5) is 10.9. The van der Waals surface area contributed by atoms with Gasteiger partial charge in [0.1, 0.15) is 12.4 Å². The van der Waals surface area contributed by atoms with Crippen LogP contribution in [-0.4, -0.2) is 11.1 Å². The van der Waals surface area contributed by atoms with Crippen molar-refractivity contribution in [3.05, 3.63) is 64.0 Å². The Bertz CT molecular complexity index is 864. The van der Waals surface area contributed by atoms with Gasteiger partial charge in [0.25, 0.3) is 0 Å². The molecule has 3 rings (SSSR count). The predicted octanol–water partition coefficient (Wildman–Crippen LogP) is 4.72. The average Bonchev–Trinajstić information content (AvgIpc) is 2.88. The van der Waals surface area contributed by atoms with Crippen LogP contribution in [0.25, 0.3) is 10.1 Å². The molecule has 3 aromatic rings. The van der Waals surface area contributed by atoms with Gasteiger partial charge in [0.15, 0.2) is 0 Å². The summed E-state index contributed by atoms with van der Waals surface area (Å²) in [7, 11) is 0. The molecule has 0 aliphatic rings. The Morgan fingerprint density at radius 1 is 1.13 bits per heavy atom.